The Hall–Kier alpha value is -2.05. The van der Waals surface area contributed by atoms with Crippen LogP contribution in [0.25, 0.3) is 0 Å². The van der Waals surface area contributed by atoms with E-state index in [4.69, 9.17) is 9.15 Å². The van der Waals surface area contributed by atoms with Gasteiger partial charge in [0.15, 0.2) is 0 Å². The Bertz CT molecular complexity index is 867. The van der Waals surface area contributed by atoms with E-state index in [2.05, 4.69) is 15.2 Å². The van der Waals surface area contributed by atoms with Gasteiger partial charge in [0, 0.05) is 25.7 Å². The van der Waals surface area contributed by atoms with Crippen molar-refractivity contribution in [1.29, 1.82) is 0 Å². The Kier molecular flexibility index (Phi) is 4.99. The normalized spacial score (nSPS) is 19.6. The van der Waals surface area contributed by atoms with Crippen LogP contribution >= 0.6 is 0 Å². The van der Waals surface area contributed by atoms with Crippen LogP contribution in [0.2, 0.25) is 0 Å². The quantitative estimate of drug-likeness (QED) is 0.782. The van der Waals surface area contributed by atoms with Crippen LogP contribution in [0.3, 0.4) is 0 Å². The van der Waals surface area contributed by atoms with E-state index in [0.29, 0.717) is 24.6 Å². The first-order valence-corrected chi connectivity index (χ1v) is 9.13. The van der Waals surface area contributed by atoms with Crippen molar-refractivity contribution < 1.29 is 30.7 Å². The molecule has 0 spiro atoms. The van der Waals surface area contributed by atoms with Crippen LogP contribution in [0.4, 0.5) is 13.2 Å². The van der Waals surface area contributed by atoms with Crippen molar-refractivity contribution in [3.63, 3.8) is 0 Å². The molecule has 1 saturated heterocycles. The molecule has 3 heterocycles. The van der Waals surface area contributed by atoms with Gasteiger partial charge in [-0.1, -0.05) is 6.92 Å². The highest BCUT2D eigenvalue weighted by Crippen LogP contribution is 2.29. The number of pyridine rings is 1. The minimum Gasteiger partial charge on any atom is -0.422 e. The summed E-state index contributed by atoms with van der Waals surface area (Å²) in [4.78, 5) is 2.87. The summed E-state index contributed by atoms with van der Waals surface area (Å²) in [7, 11) is -4.03. The van der Waals surface area contributed by atoms with Crippen molar-refractivity contribution in [3.8, 4) is 0 Å². The van der Waals surface area contributed by atoms with Crippen molar-refractivity contribution in [2.24, 2.45) is 0 Å². The van der Waals surface area contributed by atoms with Crippen LogP contribution in [0.1, 0.15) is 30.5 Å². The molecule has 0 bridgehead atoms. The van der Waals surface area contributed by atoms with E-state index in [-0.39, 0.29) is 30.5 Å². The molecule has 0 unspecified atom stereocenters. The predicted molar refractivity (Wildman–Crippen MR) is 80.4 cm³/mol. The second-order valence-corrected chi connectivity index (χ2v) is 7.42. The molecule has 26 heavy (non-hydrogen) atoms. The number of rotatable bonds is 4. The molecule has 0 aliphatic carbocycles. The number of hydrogen-bond acceptors (Lipinski definition) is 7. The summed E-state index contributed by atoms with van der Waals surface area (Å²) in [5, 5.41) is 7.64. The first-order chi connectivity index (χ1) is 12.2. The minimum absolute atomic E-state index is 0.0502. The van der Waals surface area contributed by atoms with Crippen molar-refractivity contribution >= 4 is 10.0 Å². The van der Waals surface area contributed by atoms with Gasteiger partial charge >= 0.3 is 6.18 Å². The summed E-state index contributed by atoms with van der Waals surface area (Å²) in [5.41, 5.74) is -1.16. The number of aryl methyl sites for hydroxylation is 1. The number of sulfonamides is 1. The van der Waals surface area contributed by atoms with Gasteiger partial charge in [0.2, 0.25) is 21.8 Å². The molecule has 0 saturated carbocycles. The van der Waals surface area contributed by atoms with Gasteiger partial charge < -0.3 is 9.15 Å². The number of halogens is 3. The minimum atomic E-state index is -4.64. The van der Waals surface area contributed by atoms with E-state index < -0.39 is 28.0 Å². The largest absolute Gasteiger partial charge is 0.433 e. The first-order valence-electron chi connectivity index (χ1n) is 7.69. The predicted octanol–water partition coefficient (Wildman–Crippen LogP) is 1.81. The Balaban J connectivity index is 1.80. The molecule has 1 atom stereocenters. The van der Waals surface area contributed by atoms with Gasteiger partial charge in [-0.2, -0.15) is 17.5 Å². The summed E-state index contributed by atoms with van der Waals surface area (Å²) >= 11 is 0. The third-order valence-corrected chi connectivity index (χ3v) is 5.60. The Morgan fingerprint density at radius 3 is 2.65 bits per heavy atom. The Morgan fingerprint density at radius 1 is 1.31 bits per heavy atom. The SMILES string of the molecule is CCc1nnc([C@@H]2CN(S(=O)(=O)c3ccc(C(F)(F)F)nc3)CCO2)o1. The molecule has 12 heteroatoms. The molecule has 8 nitrogen and oxygen atoms in total. The lowest BCUT2D eigenvalue weighted by atomic mass is 10.3. The molecule has 1 fully saturated rings. The monoisotopic (exact) mass is 392 g/mol. The molecule has 3 rings (SSSR count). The molecule has 2 aromatic heterocycles. The van der Waals surface area contributed by atoms with E-state index in [1.807, 2.05) is 6.92 Å². The number of ether oxygens (including phenoxy) is 1. The van der Waals surface area contributed by atoms with E-state index in [9.17, 15) is 21.6 Å². The summed E-state index contributed by atoms with van der Waals surface area (Å²) in [6.07, 6.45) is -4.15. The standard InChI is InChI=1S/C14H15F3N4O4S/c1-2-12-19-20-13(25-12)10-8-21(5-6-24-10)26(22,23)9-3-4-11(18-7-9)14(15,16)17/h3-4,7,10H,2,5-6,8H2,1H3/t10-/m0/s1. The summed E-state index contributed by atoms with van der Waals surface area (Å²) in [6, 6.07) is 1.52. The topological polar surface area (TPSA) is 98.4 Å². The number of aromatic nitrogens is 3. The molecule has 0 radical (unpaired) electrons. The van der Waals surface area contributed by atoms with Crippen LogP contribution in [0, 0.1) is 0 Å². The van der Waals surface area contributed by atoms with E-state index >= 15 is 0 Å². The highest BCUT2D eigenvalue weighted by molar-refractivity contribution is 7.89. The number of nitrogens with zero attached hydrogens (tertiary/aromatic N) is 4. The van der Waals surface area contributed by atoms with Crippen molar-refractivity contribution in [1.82, 2.24) is 19.5 Å². The van der Waals surface area contributed by atoms with Crippen LogP contribution in [0.15, 0.2) is 27.6 Å². The van der Waals surface area contributed by atoms with Crippen LogP contribution < -0.4 is 0 Å². The van der Waals surface area contributed by atoms with Gasteiger partial charge in [-0.25, -0.2) is 8.42 Å². The summed E-state index contributed by atoms with van der Waals surface area (Å²) < 4.78 is 75.0. The maximum Gasteiger partial charge on any atom is 0.433 e. The molecule has 2 aromatic rings. The van der Waals surface area contributed by atoms with Crippen molar-refractivity contribution in [2.75, 3.05) is 19.7 Å². The second kappa shape index (κ2) is 6.93. The van der Waals surface area contributed by atoms with Crippen LogP contribution in [-0.2, 0) is 27.4 Å². The molecule has 0 N–H and O–H groups in total. The molecular weight excluding hydrogens is 377 g/mol. The zero-order chi connectivity index (χ0) is 18.9. The fourth-order valence-corrected chi connectivity index (χ4v) is 3.75. The second-order valence-electron chi connectivity index (χ2n) is 5.49. The average Bonchev–Trinajstić information content (AvgIpc) is 3.10. The van der Waals surface area contributed by atoms with Gasteiger partial charge in [0.1, 0.15) is 16.7 Å². The van der Waals surface area contributed by atoms with Crippen molar-refractivity contribution in [2.45, 2.75) is 30.5 Å². The van der Waals surface area contributed by atoms with E-state index in [1.54, 1.807) is 0 Å². The maximum absolute atomic E-state index is 12.7. The Labute approximate surface area is 147 Å². The third-order valence-electron chi connectivity index (χ3n) is 3.75. The van der Waals surface area contributed by atoms with Gasteiger partial charge in [-0.05, 0) is 12.1 Å². The van der Waals surface area contributed by atoms with Crippen LogP contribution in [-0.4, -0.2) is 47.6 Å². The zero-order valence-electron chi connectivity index (χ0n) is 13.6. The molecule has 1 aliphatic rings. The lowest BCUT2D eigenvalue weighted by molar-refractivity contribution is -0.141. The highest BCUT2D eigenvalue weighted by atomic mass is 32.2. The van der Waals surface area contributed by atoms with Gasteiger partial charge in [0.25, 0.3) is 0 Å². The highest BCUT2D eigenvalue weighted by Gasteiger charge is 2.36. The molecule has 1 aliphatic heterocycles. The lowest BCUT2D eigenvalue weighted by Crippen LogP contribution is -2.42. The lowest BCUT2D eigenvalue weighted by Gasteiger charge is -2.30. The zero-order valence-corrected chi connectivity index (χ0v) is 14.4. The number of morpholine rings is 1. The number of hydrogen-bond donors (Lipinski definition) is 0. The first kappa shape index (κ1) is 18.7. The molecule has 142 valence electrons. The molecule has 0 aromatic carbocycles. The molecule has 0 amide bonds. The smallest absolute Gasteiger partial charge is 0.422 e. The summed E-state index contributed by atoms with van der Waals surface area (Å²) in [5.74, 6) is 0.558. The summed E-state index contributed by atoms with van der Waals surface area (Å²) in [6.45, 7) is 1.87. The van der Waals surface area contributed by atoms with E-state index in [1.165, 1.54) is 0 Å². The fraction of sp³-hybridized carbons (Fsp3) is 0.500. The third kappa shape index (κ3) is 3.71. The van der Waals surface area contributed by atoms with Gasteiger partial charge in [-0.15, -0.1) is 10.2 Å². The molecular formula is C14H15F3N4O4S. The van der Waals surface area contributed by atoms with Gasteiger partial charge in [0.05, 0.1) is 6.61 Å². The average molecular weight is 392 g/mol. The van der Waals surface area contributed by atoms with E-state index in [0.717, 1.165) is 10.4 Å². The number of alkyl halides is 3. The van der Waals surface area contributed by atoms with Gasteiger partial charge in [-0.3, -0.25) is 4.98 Å². The van der Waals surface area contributed by atoms with Crippen molar-refractivity contribution in [3.05, 3.63) is 35.8 Å². The Morgan fingerprint density at radius 2 is 2.08 bits per heavy atom. The maximum atomic E-state index is 12.7. The van der Waals surface area contributed by atoms with Crippen LogP contribution in [0.5, 0.6) is 0 Å². The fourth-order valence-electron chi connectivity index (χ4n) is 2.38.